The molecular weight excluding hydrogens is 468 g/mol. The van der Waals surface area contributed by atoms with E-state index in [1.165, 1.54) is 23.4 Å². The van der Waals surface area contributed by atoms with Crippen molar-refractivity contribution in [2.75, 3.05) is 44.9 Å². The van der Waals surface area contributed by atoms with Gasteiger partial charge in [0.15, 0.2) is 11.6 Å². The Kier molecular flexibility index (Phi) is 5.41. The number of rotatable bonds is 4. The van der Waals surface area contributed by atoms with E-state index in [1.54, 1.807) is 38.1 Å². The van der Waals surface area contributed by atoms with Crippen LogP contribution in [0.2, 0.25) is 0 Å². The van der Waals surface area contributed by atoms with Crippen LogP contribution in [0.3, 0.4) is 0 Å². The summed E-state index contributed by atoms with van der Waals surface area (Å²) >= 11 is 0. The number of carbonyl (C=O) groups is 1. The molecule has 11 heteroatoms. The number of nitrogens with zero attached hydrogens (tertiary/aromatic N) is 9. The van der Waals surface area contributed by atoms with Gasteiger partial charge in [-0.15, -0.1) is 0 Å². The number of para-hydroxylation sites is 1. The van der Waals surface area contributed by atoms with E-state index in [4.69, 9.17) is 15.7 Å². The fraction of sp³-hybridized carbons (Fsp3) is 0.423. The molecule has 4 aromatic rings. The van der Waals surface area contributed by atoms with Gasteiger partial charge < -0.3 is 20.1 Å². The van der Waals surface area contributed by atoms with Crippen LogP contribution in [0, 0.1) is 0 Å². The quantitative estimate of drug-likeness (QED) is 0.453. The topological polar surface area (TPSA) is 114 Å². The summed E-state index contributed by atoms with van der Waals surface area (Å²) in [5.41, 5.74) is 11.5. The van der Waals surface area contributed by atoms with Gasteiger partial charge in [0.1, 0.15) is 22.8 Å². The van der Waals surface area contributed by atoms with Gasteiger partial charge in [0, 0.05) is 53.4 Å². The predicted molar refractivity (Wildman–Crippen MR) is 143 cm³/mol. The van der Waals surface area contributed by atoms with Gasteiger partial charge in [-0.25, -0.2) is 15.0 Å². The van der Waals surface area contributed by atoms with E-state index >= 15 is 0 Å². The largest absolute Gasteiger partial charge is 0.382 e. The number of piperazine rings is 1. The number of nitrogen functional groups attached to an aromatic ring is 1. The number of benzene rings is 1. The number of aryl methyl sites for hydroxylation is 2. The molecule has 2 aliphatic rings. The van der Waals surface area contributed by atoms with Crippen LogP contribution in [0.1, 0.15) is 23.3 Å². The predicted octanol–water partition coefficient (Wildman–Crippen LogP) is 2.00. The highest BCUT2D eigenvalue weighted by Crippen LogP contribution is 2.36. The van der Waals surface area contributed by atoms with E-state index in [2.05, 4.69) is 43.6 Å². The van der Waals surface area contributed by atoms with Gasteiger partial charge in [0.05, 0.1) is 22.9 Å². The summed E-state index contributed by atoms with van der Waals surface area (Å²) in [5.74, 6) is 0.805. The van der Waals surface area contributed by atoms with Crippen LogP contribution >= 0.6 is 0 Å². The number of nitrogens with two attached hydrogens (primary N) is 1. The highest BCUT2D eigenvalue weighted by molar-refractivity contribution is 5.94. The van der Waals surface area contributed by atoms with Crippen LogP contribution in [-0.4, -0.2) is 91.3 Å². The standard InChI is InChI=1S/C26H32N10O/c1-32(2)26(37)21-11-18(31-35(21)5)19-12-28-24(27)22(29-19)25-30-17-7-6-8-20(23(17)34(25)4)36-13-15-9-10-16(14-36)33(15)3/h6-8,11-12,15-16H,9-10,13-14H2,1-5H3,(H2,27,28). The molecule has 37 heavy (non-hydrogen) atoms. The van der Waals surface area contributed by atoms with E-state index in [9.17, 15) is 4.79 Å². The monoisotopic (exact) mass is 500 g/mol. The molecule has 192 valence electrons. The van der Waals surface area contributed by atoms with Crippen molar-refractivity contribution in [2.45, 2.75) is 24.9 Å². The second kappa shape index (κ2) is 8.55. The molecule has 11 nitrogen and oxygen atoms in total. The van der Waals surface area contributed by atoms with Gasteiger partial charge in [0.25, 0.3) is 5.91 Å². The highest BCUT2D eigenvalue weighted by atomic mass is 16.2. The summed E-state index contributed by atoms with van der Waals surface area (Å²) < 4.78 is 3.62. The van der Waals surface area contributed by atoms with Crippen molar-refractivity contribution in [1.82, 2.24) is 39.1 Å². The molecule has 2 saturated heterocycles. The van der Waals surface area contributed by atoms with E-state index < -0.39 is 0 Å². The summed E-state index contributed by atoms with van der Waals surface area (Å²) in [5, 5.41) is 4.50. The van der Waals surface area contributed by atoms with E-state index in [0.29, 0.717) is 46.5 Å². The van der Waals surface area contributed by atoms with Crippen molar-refractivity contribution in [1.29, 1.82) is 0 Å². The minimum absolute atomic E-state index is 0.134. The van der Waals surface area contributed by atoms with Crippen LogP contribution in [0.25, 0.3) is 33.9 Å². The average Bonchev–Trinajstić information content (AvgIpc) is 3.48. The number of anilines is 2. The normalized spacial score (nSPS) is 19.6. The van der Waals surface area contributed by atoms with E-state index in [1.807, 2.05) is 13.1 Å². The Bertz CT molecular complexity index is 1510. The first-order valence-corrected chi connectivity index (χ1v) is 12.5. The maximum absolute atomic E-state index is 12.5. The van der Waals surface area contributed by atoms with Crippen molar-refractivity contribution < 1.29 is 4.79 Å². The minimum atomic E-state index is -0.134. The molecule has 3 aromatic heterocycles. The Morgan fingerprint density at radius 2 is 1.78 bits per heavy atom. The smallest absolute Gasteiger partial charge is 0.271 e. The Morgan fingerprint density at radius 3 is 2.49 bits per heavy atom. The second-order valence-corrected chi connectivity index (χ2v) is 10.3. The molecular formula is C26H32N10O. The SMILES string of the molecule is CN(C)C(=O)c1cc(-c2cnc(N)c(-c3nc4cccc(N5CC6CCC(C5)N6C)c4n3C)n2)nn1C. The molecule has 0 aliphatic carbocycles. The lowest BCUT2D eigenvalue weighted by atomic mass is 10.1. The highest BCUT2D eigenvalue weighted by Gasteiger charge is 2.38. The minimum Gasteiger partial charge on any atom is -0.382 e. The Balaban J connectivity index is 1.41. The Hall–Kier alpha value is -3.99. The number of aromatic nitrogens is 6. The molecule has 1 aromatic carbocycles. The number of imidazole rings is 1. The molecule has 2 unspecified atom stereocenters. The molecule has 0 spiro atoms. The van der Waals surface area contributed by atoms with Crippen molar-refractivity contribution in [3.8, 4) is 22.9 Å². The zero-order chi connectivity index (χ0) is 26.0. The fourth-order valence-corrected chi connectivity index (χ4v) is 5.73. The van der Waals surface area contributed by atoms with Crippen LogP contribution < -0.4 is 10.6 Å². The number of amides is 1. The average molecular weight is 501 g/mol. The molecule has 2 fully saturated rings. The number of carbonyl (C=O) groups excluding carboxylic acids is 1. The van der Waals surface area contributed by atoms with Gasteiger partial charge in [-0.3, -0.25) is 14.4 Å². The van der Waals surface area contributed by atoms with Gasteiger partial charge >= 0.3 is 0 Å². The third-order valence-electron chi connectivity index (χ3n) is 7.84. The number of hydrogen-bond acceptors (Lipinski definition) is 8. The van der Waals surface area contributed by atoms with Gasteiger partial charge in [-0.2, -0.15) is 5.10 Å². The Labute approximate surface area is 215 Å². The first-order valence-electron chi connectivity index (χ1n) is 12.5. The molecule has 2 N–H and O–H groups in total. The first-order chi connectivity index (χ1) is 17.7. The molecule has 6 rings (SSSR count). The summed E-state index contributed by atoms with van der Waals surface area (Å²) in [6.07, 6.45) is 4.08. The summed E-state index contributed by atoms with van der Waals surface area (Å²) in [6.45, 7) is 2.02. The second-order valence-electron chi connectivity index (χ2n) is 10.3. The maximum atomic E-state index is 12.5. The summed E-state index contributed by atoms with van der Waals surface area (Å²) in [6, 6.07) is 9.17. The lowest BCUT2D eigenvalue weighted by Gasteiger charge is -2.40. The summed E-state index contributed by atoms with van der Waals surface area (Å²) in [7, 11) is 9.41. The fourth-order valence-electron chi connectivity index (χ4n) is 5.73. The molecule has 2 atom stereocenters. The van der Waals surface area contributed by atoms with Gasteiger partial charge in [0.2, 0.25) is 0 Å². The molecule has 0 radical (unpaired) electrons. The molecule has 1 amide bonds. The van der Waals surface area contributed by atoms with E-state index in [-0.39, 0.29) is 5.91 Å². The number of likely N-dealkylation sites (N-methyl/N-ethyl adjacent to an activating group) is 1. The van der Waals surface area contributed by atoms with E-state index in [0.717, 1.165) is 24.1 Å². The number of hydrogen-bond donors (Lipinski definition) is 1. The van der Waals surface area contributed by atoms with Crippen molar-refractivity contribution in [2.24, 2.45) is 14.1 Å². The third kappa shape index (κ3) is 3.72. The lowest BCUT2D eigenvalue weighted by molar-refractivity contribution is 0.0817. The molecule has 5 heterocycles. The maximum Gasteiger partial charge on any atom is 0.271 e. The molecule has 2 bridgehead atoms. The van der Waals surface area contributed by atoms with Gasteiger partial charge in [-0.1, -0.05) is 6.07 Å². The van der Waals surface area contributed by atoms with Crippen LogP contribution in [0.5, 0.6) is 0 Å². The summed E-state index contributed by atoms with van der Waals surface area (Å²) in [4.78, 5) is 33.2. The van der Waals surface area contributed by atoms with Crippen LogP contribution in [0.4, 0.5) is 11.5 Å². The number of fused-ring (bicyclic) bond motifs is 3. The zero-order valence-electron chi connectivity index (χ0n) is 21.9. The zero-order valence-corrected chi connectivity index (χ0v) is 21.9. The Morgan fingerprint density at radius 1 is 1.05 bits per heavy atom. The van der Waals surface area contributed by atoms with Crippen LogP contribution in [0.15, 0.2) is 30.5 Å². The van der Waals surface area contributed by atoms with Crippen molar-refractivity contribution in [3.05, 3.63) is 36.2 Å². The van der Waals surface area contributed by atoms with Crippen molar-refractivity contribution in [3.63, 3.8) is 0 Å². The molecule has 2 aliphatic heterocycles. The third-order valence-corrected chi connectivity index (χ3v) is 7.84. The first kappa shape index (κ1) is 23.4. The van der Waals surface area contributed by atoms with Gasteiger partial charge in [-0.05, 0) is 38.1 Å². The van der Waals surface area contributed by atoms with Crippen LogP contribution in [-0.2, 0) is 14.1 Å². The van der Waals surface area contributed by atoms with Crippen molar-refractivity contribution >= 4 is 28.4 Å². The molecule has 0 saturated carbocycles. The lowest BCUT2D eigenvalue weighted by Crippen LogP contribution is -2.52.